The molecule has 1 amide bonds. The third-order valence-electron chi connectivity index (χ3n) is 4.85. The third kappa shape index (κ3) is 4.19. The Hall–Kier alpha value is -2.29. The Kier molecular flexibility index (Phi) is 6.66. The molecule has 1 N–H and O–H groups in total. The molecule has 3 aromatic rings. The van der Waals surface area contributed by atoms with Gasteiger partial charge in [-0.1, -0.05) is 15.9 Å². The van der Waals surface area contributed by atoms with E-state index >= 15 is 0 Å². The summed E-state index contributed by atoms with van der Waals surface area (Å²) in [6, 6.07) is 7.69. The summed E-state index contributed by atoms with van der Waals surface area (Å²) < 4.78 is 13.7. The van der Waals surface area contributed by atoms with Crippen molar-refractivity contribution in [3.05, 3.63) is 46.7 Å². The number of amides is 1. The fourth-order valence-corrected chi connectivity index (χ4v) is 3.78. The number of pyridine rings is 1. The van der Waals surface area contributed by atoms with Crippen LogP contribution in [0.25, 0.3) is 10.9 Å². The number of hydrogen-bond acceptors (Lipinski definition) is 5. The van der Waals surface area contributed by atoms with Crippen molar-refractivity contribution in [3.63, 3.8) is 0 Å². The number of anilines is 2. The van der Waals surface area contributed by atoms with Crippen LogP contribution in [0.1, 0.15) is 10.4 Å². The molecule has 1 aromatic carbocycles. The molecular weight excluding hydrogens is 460 g/mol. The molecule has 0 bridgehead atoms. The van der Waals surface area contributed by atoms with Crippen molar-refractivity contribution in [1.29, 1.82) is 0 Å². The fraction of sp³-hybridized carbons (Fsp3) is 0.300. The number of halogens is 2. The number of morpholine rings is 1. The van der Waals surface area contributed by atoms with Gasteiger partial charge < -0.3 is 24.3 Å². The van der Waals surface area contributed by atoms with Gasteiger partial charge >= 0.3 is 0 Å². The van der Waals surface area contributed by atoms with Crippen LogP contribution in [0.3, 0.4) is 0 Å². The number of carbonyl (C=O) groups is 1. The quantitative estimate of drug-likeness (QED) is 0.610. The van der Waals surface area contributed by atoms with E-state index in [1.54, 1.807) is 13.3 Å². The molecule has 0 unspecified atom stereocenters. The van der Waals surface area contributed by atoms with Gasteiger partial charge in [-0.25, -0.2) is 4.98 Å². The lowest BCUT2D eigenvalue weighted by atomic mass is 10.1. The zero-order valence-corrected chi connectivity index (χ0v) is 18.5. The summed E-state index contributed by atoms with van der Waals surface area (Å²) in [4.78, 5) is 19.4. The highest BCUT2D eigenvalue weighted by molar-refractivity contribution is 9.10. The Morgan fingerprint density at radius 2 is 2.03 bits per heavy atom. The first-order valence-corrected chi connectivity index (χ1v) is 9.79. The second kappa shape index (κ2) is 9.02. The van der Waals surface area contributed by atoms with Gasteiger partial charge in [0.05, 0.1) is 37.1 Å². The Bertz CT molecular complexity index is 1030. The Labute approximate surface area is 183 Å². The summed E-state index contributed by atoms with van der Waals surface area (Å²) in [6.07, 6.45) is 3.58. The first-order chi connectivity index (χ1) is 13.6. The molecule has 3 heterocycles. The molecule has 0 atom stereocenters. The van der Waals surface area contributed by atoms with Crippen molar-refractivity contribution in [1.82, 2.24) is 14.5 Å². The molecule has 0 aliphatic carbocycles. The van der Waals surface area contributed by atoms with Gasteiger partial charge in [-0.15, -0.1) is 12.4 Å². The van der Waals surface area contributed by atoms with E-state index in [1.807, 2.05) is 47.0 Å². The average Bonchev–Trinajstić information content (AvgIpc) is 3.11. The van der Waals surface area contributed by atoms with Crippen molar-refractivity contribution in [2.24, 2.45) is 7.05 Å². The maximum absolute atomic E-state index is 13.0. The summed E-state index contributed by atoms with van der Waals surface area (Å²) in [5.74, 6) is 1.36. The van der Waals surface area contributed by atoms with Gasteiger partial charge in [0, 0.05) is 42.4 Å². The van der Waals surface area contributed by atoms with E-state index in [2.05, 4.69) is 26.2 Å². The number of benzene rings is 1. The minimum atomic E-state index is -0.0193. The largest absolute Gasteiger partial charge is 0.495 e. The number of hydrogen-bond donors (Lipinski definition) is 1. The number of carbonyl (C=O) groups excluding carboxylic acids is 1. The predicted octanol–water partition coefficient (Wildman–Crippen LogP) is 3.98. The number of nitrogens with one attached hydrogen (secondary N) is 1. The summed E-state index contributed by atoms with van der Waals surface area (Å²) in [5, 5.41) is 4.22. The van der Waals surface area contributed by atoms with Crippen LogP contribution in [0.4, 0.5) is 11.5 Å². The highest BCUT2D eigenvalue weighted by atomic mass is 79.9. The van der Waals surface area contributed by atoms with Gasteiger partial charge in [0.15, 0.2) is 0 Å². The second-order valence-electron chi connectivity index (χ2n) is 6.58. The minimum absolute atomic E-state index is 0. The van der Waals surface area contributed by atoms with Crippen LogP contribution in [0.15, 0.2) is 41.1 Å². The van der Waals surface area contributed by atoms with Crippen LogP contribution in [0.2, 0.25) is 0 Å². The van der Waals surface area contributed by atoms with Crippen molar-refractivity contribution in [2.75, 3.05) is 38.7 Å². The highest BCUT2D eigenvalue weighted by Crippen LogP contribution is 2.33. The van der Waals surface area contributed by atoms with Crippen molar-refractivity contribution in [2.45, 2.75) is 0 Å². The average molecular weight is 482 g/mol. The summed E-state index contributed by atoms with van der Waals surface area (Å²) in [5.41, 5.74) is 2.24. The van der Waals surface area contributed by atoms with Crippen LogP contribution < -0.4 is 10.1 Å². The van der Waals surface area contributed by atoms with Crippen LogP contribution in [0.5, 0.6) is 5.75 Å². The molecule has 4 rings (SSSR count). The van der Waals surface area contributed by atoms with E-state index in [1.165, 1.54) is 0 Å². The lowest BCUT2D eigenvalue weighted by molar-refractivity contribution is 0.0303. The van der Waals surface area contributed by atoms with E-state index < -0.39 is 0 Å². The molecule has 154 valence electrons. The molecule has 1 fully saturated rings. The molecule has 2 aromatic heterocycles. The first kappa shape index (κ1) is 21.4. The molecule has 7 nitrogen and oxygen atoms in total. The Morgan fingerprint density at radius 3 is 2.76 bits per heavy atom. The van der Waals surface area contributed by atoms with Crippen molar-refractivity contribution >= 4 is 56.7 Å². The second-order valence-corrected chi connectivity index (χ2v) is 7.50. The number of ether oxygens (including phenoxy) is 2. The Balaban J connectivity index is 0.00000240. The fourth-order valence-electron chi connectivity index (χ4n) is 3.41. The number of aromatic nitrogens is 2. The predicted molar refractivity (Wildman–Crippen MR) is 119 cm³/mol. The molecule has 1 aliphatic heterocycles. The number of fused-ring (bicyclic) bond motifs is 1. The van der Waals surface area contributed by atoms with Gasteiger partial charge in [-0.3, -0.25) is 4.79 Å². The van der Waals surface area contributed by atoms with Gasteiger partial charge in [-0.05, 0) is 24.3 Å². The maximum Gasteiger partial charge on any atom is 0.257 e. The molecule has 29 heavy (non-hydrogen) atoms. The molecular formula is C20H22BrClN4O3. The van der Waals surface area contributed by atoms with Crippen molar-refractivity contribution in [3.8, 4) is 5.75 Å². The monoisotopic (exact) mass is 480 g/mol. The van der Waals surface area contributed by atoms with Crippen LogP contribution in [0, 0.1) is 0 Å². The zero-order valence-electron chi connectivity index (χ0n) is 16.1. The molecule has 0 radical (unpaired) electrons. The number of nitrogens with zero attached hydrogens (tertiary/aromatic N) is 3. The van der Waals surface area contributed by atoms with E-state index in [-0.39, 0.29) is 18.3 Å². The summed E-state index contributed by atoms with van der Waals surface area (Å²) in [6.45, 7) is 2.33. The lowest BCUT2D eigenvalue weighted by Gasteiger charge is -2.27. The summed E-state index contributed by atoms with van der Waals surface area (Å²) >= 11 is 3.49. The van der Waals surface area contributed by atoms with Crippen LogP contribution >= 0.6 is 28.3 Å². The summed E-state index contributed by atoms with van der Waals surface area (Å²) in [7, 11) is 3.56. The maximum atomic E-state index is 13.0. The minimum Gasteiger partial charge on any atom is -0.495 e. The smallest absolute Gasteiger partial charge is 0.257 e. The normalized spacial score (nSPS) is 13.8. The topological polar surface area (TPSA) is 68.6 Å². The van der Waals surface area contributed by atoms with Crippen LogP contribution in [-0.4, -0.2) is 53.8 Å². The Morgan fingerprint density at radius 1 is 1.28 bits per heavy atom. The molecule has 1 saturated heterocycles. The number of aryl methyl sites for hydroxylation is 1. The van der Waals surface area contributed by atoms with Gasteiger partial charge in [-0.2, -0.15) is 0 Å². The van der Waals surface area contributed by atoms with Crippen molar-refractivity contribution < 1.29 is 14.3 Å². The molecule has 9 heteroatoms. The van der Waals surface area contributed by atoms with E-state index in [0.29, 0.717) is 43.4 Å². The number of rotatable bonds is 4. The third-order valence-corrected chi connectivity index (χ3v) is 5.34. The van der Waals surface area contributed by atoms with E-state index in [4.69, 9.17) is 9.47 Å². The van der Waals surface area contributed by atoms with Crippen LogP contribution in [-0.2, 0) is 11.8 Å². The van der Waals surface area contributed by atoms with Gasteiger partial charge in [0.1, 0.15) is 11.6 Å². The highest BCUT2D eigenvalue weighted by Gasteiger charge is 2.23. The molecule has 0 spiro atoms. The van der Waals surface area contributed by atoms with Gasteiger partial charge in [0.25, 0.3) is 5.91 Å². The first-order valence-electron chi connectivity index (χ1n) is 9.00. The standard InChI is InChI=1S/C20H21BrN4O3.ClH/c1-24-6-5-14-18(24)15(20(26)25-7-9-28-10-8-25)12-22-19(14)23-16-11-13(21)3-4-17(16)27-2;/h3-6,11-12H,7-10H2,1-2H3,(H,22,23);1H. The van der Waals surface area contributed by atoms with E-state index in [9.17, 15) is 4.79 Å². The lowest BCUT2D eigenvalue weighted by Crippen LogP contribution is -2.40. The zero-order chi connectivity index (χ0) is 19.7. The molecule has 0 saturated carbocycles. The molecule has 1 aliphatic rings. The van der Waals surface area contributed by atoms with Gasteiger partial charge in [0.2, 0.25) is 0 Å². The SMILES string of the molecule is COc1ccc(Br)cc1Nc1ncc(C(=O)N2CCOCC2)c2c1ccn2C.Cl. The number of methoxy groups -OCH3 is 1. The van der Waals surface area contributed by atoms with E-state index in [0.717, 1.165) is 21.1 Å².